The summed E-state index contributed by atoms with van der Waals surface area (Å²) in [4.78, 5) is 0. The molecule has 3 heteroatoms. The quantitative estimate of drug-likeness (QED) is 0.345. The topological polar surface area (TPSA) is 0 Å². The Labute approximate surface area is 234 Å². The van der Waals surface area contributed by atoms with Gasteiger partial charge in [0.1, 0.15) is 0 Å². The second kappa shape index (κ2) is 11.4. The van der Waals surface area contributed by atoms with Crippen molar-refractivity contribution in [3.63, 3.8) is 0 Å². The van der Waals surface area contributed by atoms with Crippen LogP contribution in [0.15, 0.2) is 119 Å². The zero-order valence-electron chi connectivity index (χ0n) is 20.5. The number of hydrogen-bond donors (Lipinski definition) is 0. The second-order valence-electron chi connectivity index (χ2n) is 9.51. The summed E-state index contributed by atoms with van der Waals surface area (Å²) < 4.78 is 3.96. The van der Waals surface area contributed by atoms with Gasteiger partial charge >= 0.3 is 211 Å². The van der Waals surface area contributed by atoms with Crippen LogP contribution in [0.25, 0.3) is 33.4 Å². The third kappa shape index (κ3) is 4.82. The summed E-state index contributed by atoms with van der Waals surface area (Å²) in [5.41, 5.74) is 11.1. The van der Waals surface area contributed by atoms with Gasteiger partial charge in [0.05, 0.1) is 0 Å². The Morgan fingerprint density at radius 2 is 1.14 bits per heavy atom. The molecule has 0 atom stereocenters. The van der Waals surface area contributed by atoms with Crippen LogP contribution in [0.1, 0.15) is 35.0 Å². The molecule has 0 aromatic heterocycles. The van der Waals surface area contributed by atoms with Crippen LogP contribution in [0.4, 0.5) is 0 Å². The minimum atomic E-state index is -2.08. The molecule has 0 saturated carbocycles. The zero-order valence-corrected chi connectivity index (χ0v) is 24.5. The molecule has 0 spiro atoms. The first-order valence-corrected chi connectivity index (χ1v) is 16.0. The third-order valence-corrected chi connectivity index (χ3v) is 15.4. The molecule has 2 aliphatic rings. The van der Waals surface area contributed by atoms with E-state index in [9.17, 15) is 0 Å². The van der Waals surface area contributed by atoms with Crippen molar-refractivity contribution in [3.05, 3.63) is 130 Å². The molecule has 178 valence electrons. The second-order valence-corrected chi connectivity index (χ2v) is 17.0. The molecule has 0 N–H and O–H groups in total. The maximum atomic E-state index is 2.45. The fourth-order valence-electron chi connectivity index (χ4n) is 5.62. The summed E-state index contributed by atoms with van der Waals surface area (Å²) in [5.74, 6) is 0. The van der Waals surface area contributed by atoms with Crippen LogP contribution >= 0.6 is 0 Å². The van der Waals surface area contributed by atoms with Crippen molar-refractivity contribution in [2.75, 3.05) is 0 Å². The van der Waals surface area contributed by atoms with E-state index in [2.05, 4.69) is 129 Å². The zero-order chi connectivity index (χ0) is 23.1. The van der Waals surface area contributed by atoms with Gasteiger partial charge in [0.2, 0.25) is 0 Å². The Balaban J connectivity index is 0.00000152. The van der Waals surface area contributed by atoms with Gasteiger partial charge in [-0.15, -0.1) is 0 Å². The number of benzene rings is 4. The molecule has 0 bridgehead atoms. The van der Waals surface area contributed by atoms with E-state index in [4.69, 9.17) is 0 Å². The maximum absolute atomic E-state index is 2.45. The summed E-state index contributed by atoms with van der Waals surface area (Å²) in [6.45, 7) is 4.78. The van der Waals surface area contributed by atoms with Gasteiger partial charge in [-0.05, 0) is 0 Å². The van der Waals surface area contributed by atoms with Crippen molar-refractivity contribution in [2.45, 2.75) is 23.9 Å². The Bertz CT molecular complexity index is 1390. The number of halogens is 2. The van der Waals surface area contributed by atoms with Crippen LogP contribution in [0.5, 0.6) is 0 Å². The van der Waals surface area contributed by atoms with Gasteiger partial charge in [-0.2, -0.15) is 0 Å². The van der Waals surface area contributed by atoms with Gasteiger partial charge in [-0.25, -0.2) is 0 Å². The number of allylic oxidation sites excluding steroid dienone is 4. The van der Waals surface area contributed by atoms with E-state index in [1.54, 1.807) is 17.6 Å². The van der Waals surface area contributed by atoms with Crippen LogP contribution in [0.3, 0.4) is 0 Å². The summed E-state index contributed by atoms with van der Waals surface area (Å²) >= 11 is -2.08. The van der Waals surface area contributed by atoms with Crippen molar-refractivity contribution >= 4 is 3.21 Å². The normalized spacial score (nSPS) is 13.0. The van der Waals surface area contributed by atoms with Crippen molar-refractivity contribution in [1.82, 2.24) is 0 Å². The first kappa shape index (κ1) is 26.7. The Kier molecular flexibility index (Phi) is 8.46. The predicted octanol–water partition coefficient (Wildman–Crippen LogP) is 2.77. The van der Waals surface area contributed by atoms with E-state index < -0.39 is 21.3 Å². The van der Waals surface area contributed by atoms with E-state index in [-0.39, 0.29) is 24.8 Å². The first-order chi connectivity index (χ1) is 16.7. The number of fused-ring (bicyclic) bond motifs is 3. The Morgan fingerprint density at radius 3 is 1.56 bits per heavy atom. The summed E-state index contributed by atoms with van der Waals surface area (Å²) in [5, 5.41) is 0. The van der Waals surface area contributed by atoms with E-state index >= 15 is 0 Å². The van der Waals surface area contributed by atoms with Crippen molar-refractivity contribution in [2.24, 2.45) is 0 Å². The van der Waals surface area contributed by atoms with Crippen LogP contribution in [0, 0.1) is 0 Å². The smallest absolute Gasteiger partial charge is 1.00 e. The number of rotatable bonds is 4. The molecule has 4 aromatic carbocycles. The van der Waals surface area contributed by atoms with Crippen molar-refractivity contribution in [3.8, 4) is 33.4 Å². The summed E-state index contributed by atoms with van der Waals surface area (Å²) in [7, 11) is 0. The molecule has 0 heterocycles. The molecule has 6 rings (SSSR count). The average molecular weight is 587 g/mol. The maximum Gasteiger partial charge on any atom is -1.00 e. The first-order valence-electron chi connectivity index (χ1n) is 12.1. The summed E-state index contributed by atoms with van der Waals surface area (Å²) in [6.07, 6.45) is 8.18. The van der Waals surface area contributed by atoms with E-state index in [0.717, 1.165) is 6.42 Å². The Hall–Kier alpha value is -2.31. The van der Waals surface area contributed by atoms with Gasteiger partial charge in [0.25, 0.3) is 0 Å². The fraction of sp³-hybridized carbons (Fsp3) is 0.121. The molecule has 0 unspecified atom stereocenters. The molecule has 0 nitrogen and oxygen atoms in total. The van der Waals surface area contributed by atoms with Gasteiger partial charge in [-0.1, -0.05) is 0 Å². The minimum absolute atomic E-state index is 0. The number of hydrogen-bond acceptors (Lipinski definition) is 0. The molecule has 0 radical (unpaired) electrons. The molecule has 0 fully saturated rings. The molecule has 36 heavy (non-hydrogen) atoms. The molecular formula is C33H28Cl2Zr. The average Bonchev–Trinajstić information content (AvgIpc) is 3.52. The fourth-order valence-corrected chi connectivity index (χ4v) is 13.8. The van der Waals surface area contributed by atoms with Crippen LogP contribution in [-0.2, 0) is 21.3 Å². The molecule has 2 aliphatic carbocycles. The van der Waals surface area contributed by atoms with Crippen molar-refractivity contribution < 1.29 is 46.1 Å². The van der Waals surface area contributed by atoms with Gasteiger partial charge in [-0.3, -0.25) is 0 Å². The largest absolute Gasteiger partial charge is 1.00 e. The standard InChI is InChI=1S/C25H17.C5H5.C3H6.2ClH.Zr/c1-3-7-18(8-4-1)20-11-13-22-15-23-14-12-21(17-25(23)24(22)16-20)19-9-5-2-6-10-19;1-2-4-5-3-1;1-3-2;;;/h1-17H;1-3H,4H2;1-2H3;2*1H;/q;;;;;+2/p-2. The van der Waals surface area contributed by atoms with Crippen LogP contribution in [-0.4, -0.2) is 3.21 Å². The third-order valence-electron chi connectivity index (χ3n) is 7.18. The SMILES string of the molecule is C[C](C)=[Zr+2]([C]1=CC=CC1)[CH]1c2ccc(-c3ccccc3)cc2-c2cc(-c3ccccc3)ccc21.[Cl-].[Cl-]. The molecule has 0 saturated heterocycles. The minimum Gasteiger partial charge on any atom is -1.00 e. The summed E-state index contributed by atoms with van der Waals surface area (Å²) in [6, 6.07) is 36.1. The van der Waals surface area contributed by atoms with Crippen LogP contribution < -0.4 is 24.8 Å². The monoisotopic (exact) mass is 584 g/mol. The van der Waals surface area contributed by atoms with E-state index in [1.807, 2.05) is 0 Å². The molecule has 0 amide bonds. The van der Waals surface area contributed by atoms with E-state index in [1.165, 1.54) is 33.4 Å². The van der Waals surface area contributed by atoms with E-state index in [0.29, 0.717) is 3.63 Å². The molecule has 0 aliphatic heterocycles. The van der Waals surface area contributed by atoms with Gasteiger partial charge in [0, 0.05) is 0 Å². The van der Waals surface area contributed by atoms with Gasteiger partial charge in [0.15, 0.2) is 0 Å². The Morgan fingerprint density at radius 1 is 0.639 bits per heavy atom. The van der Waals surface area contributed by atoms with Crippen molar-refractivity contribution in [1.29, 1.82) is 0 Å². The molecule has 4 aromatic rings. The van der Waals surface area contributed by atoms with Gasteiger partial charge < -0.3 is 24.8 Å². The van der Waals surface area contributed by atoms with Crippen LogP contribution in [0.2, 0.25) is 0 Å². The predicted molar refractivity (Wildman–Crippen MR) is 143 cm³/mol. The molecular weight excluding hydrogens is 558 g/mol.